The summed E-state index contributed by atoms with van der Waals surface area (Å²) in [4.78, 5) is 19.7. The van der Waals surface area contributed by atoms with Crippen molar-refractivity contribution < 1.29 is 4.79 Å². The van der Waals surface area contributed by atoms with E-state index < -0.39 is 11.7 Å². The predicted molar refractivity (Wildman–Crippen MR) is 91.4 cm³/mol. The molecule has 0 radical (unpaired) electrons. The maximum absolute atomic E-state index is 11.4. The van der Waals surface area contributed by atoms with Gasteiger partial charge in [-0.15, -0.1) is 0 Å². The second kappa shape index (κ2) is 5.90. The van der Waals surface area contributed by atoms with E-state index in [0.29, 0.717) is 16.6 Å². The molecule has 0 amide bonds. The lowest BCUT2D eigenvalue weighted by molar-refractivity contribution is -0.109. The fraction of sp³-hybridized carbons (Fsp3) is 0.278. The summed E-state index contributed by atoms with van der Waals surface area (Å²) in [5, 5.41) is 7.20. The van der Waals surface area contributed by atoms with Gasteiger partial charge in [0.15, 0.2) is 6.29 Å². The second-order valence-corrected chi connectivity index (χ2v) is 6.45. The van der Waals surface area contributed by atoms with Crippen molar-refractivity contribution in [1.82, 2.24) is 15.3 Å². The molecule has 2 heterocycles. The van der Waals surface area contributed by atoms with Crippen LogP contribution in [-0.2, 0) is 10.3 Å². The first-order chi connectivity index (χ1) is 11.7. The second-order valence-electron chi connectivity index (χ2n) is 6.02. The Bertz CT molecular complexity index is 841. The van der Waals surface area contributed by atoms with E-state index in [0.717, 1.165) is 30.4 Å². The summed E-state index contributed by atoms with van der Waals surface area (Å²) < 4.78 is 0. The molecule has 1 aromatic heterocycles. The number of benzene rings is 1. The molecule has 1 aliphatic carbocycles. The number of hydrogen-bond acceptors (Lipinski definition) is 5. The number of halogens is 1. The zero-order chi connectivity index (χ0) is 16.6. The van der Waals surface area contributed by atoms with Gasteiger partial charge >= 0.3 is 0 Å². The highest BCUT2D eigenvalue weighted by molar-refractivity contribution is 6.30. The average molecular weight is 339 g/mol. The Morgan fingerprint density at radius 2 is 2.21 bits per heavy atom. The number of fused-ring (bicyclic) bond motifs is 1. The van der Waals surface area contributed by atoms with Gasteiger partial charge in [0.2, 0.25) is 0 Å². The van der Waals surface area contributed by atoms with Crippen molar-refractivity contribution in [3.05, 3.63) is 53.1 Å². The van der Waals surface area contributed by atoms with E-state index in [4.69, 9.17) is 11.6 Å². The van der Waals surface area contributed by atoms with Gasteiger partial charge in [0.1, 0.15) is 17.4 Å². The van der Waals surface area contributed by atoms with E-state index in [1.807, 2.05) is 18.2 Å². The van der Waals surface area contributed by atoms with Crippen molar-refractivity contribution in [3.8, 4) is 11.8 Å². The topological polar surface area (TPSA) is 66.9 Å². The molecule has 2 aromatic rings. The van der Waals surface area contributed by atoms with Gasteiger partial charge in [0, 0.05) is 28.7 Å². The molecule has 6 heteroatoms. The van der Waals surface area contributed by atoms with Crippen LogP contribution in [0.5, 0.6) is 0 Å². The third kappa shape index (κ3) is 2.64. The highest BCUT2D eigenvalue weighted by Gasteiger charge is 2.50. The standard InChI is InChI=1S/C18H15ClN4O/c19-13-3-4-16-15(9-13)18(12-1-2-12,23-17(11-24)22-16)6-5-14-10-20-7-8-21-14/h3-4,7-12,17,22-23H,1-2H2. The van der Waals surface area contributed by atoms with Gasteiger partial charge in [-0.25, -0.2) is 4.98 Å². The maximum Gasteiger partial charge on any atom is 0.157 e. The maximum atomic E-state index is 11.4. The minimum absolute atomic E-state index is 0.337. The largest absolute Gasteiger partial charge is 0.364 e. The Balaban J connectivity index is 1.86. The number of anilines is 1. The van der Waals surface area contributed by atoms with Gasteiger partial charge in [0.05, 0.1) is 6.20 Å². The van der Waals surface area contributed by atoms with Gasteiger partial charge in [-0.2, -0.15) is 0 Å². The van der Waals surface area contributed by atoms with Crippen LogP contribution in [-0.4, -0.2) is 22.4 Å². The lowest BCUT2D eigenvalue weighted by atomic mass is 9.82. The zero-order valence-electron chi connectivity index (χ0n) is 12.8. The van der Waals surface area contributed by atoms with E-state index in [1.54, 1.807) is 18.6 Å². The fourth-order valence-electron chi connectivity index (χ4n) is 3.15. The first-order valence-electron chi connectivity index (χ1n) is 7.80. The number of nitrogens with one attached hydrogen (secondary N) is 2. The quantitative estimate of drug-likeness (QED) is 0.650. The van der Waals surface area contributed by atoms with Gasteiger partial charge in [-0.1, -0.05) is 17.5 Å². The Labute approximate surface area is 144 Å². The lowest BCUT2D eigenvalue weighted by Crippen LogP contribution is -2.56. The van der Waals surface area contributed by atoms with Gasteiger partial charge in [-0.3, -0.25) is 15.1 Å². The summed E-state index contributed by atoms with van der Waals surface area (Å²) in [6.07, 6.45) is 7.34. The summed E-state index contributed by atoms with van der Waals surface area (Å²) in [5.74, 6) is 6.79. The van der Waals surface area contributed by atoms with E-state index in [1.165, 1.54) is 0 Å². The van der Waals surface area contributed by atoms with E-state index in [-0.39, 0.29) is 0 Å². The molecular formula is C18H15ClN4O. The SMILES string of the molecule is O=CC1Nc2ccc(Cl)cc2C(C#Cc2cnccn2)(C2CC2)N1. The van der Waals surface area contributed by atoms with Crippen LogP contribution in [0.2, 0.25) is 5.02 Å². The molecule has 2 atom stereocenters. The third-order valence-corrected chi connectivity index (χ3v) is 4.61. The van der Waals surface area contributed by atoms with E-state index in [2.05, 4.69) is 32.4 Å². The molecule has 24 heavy (non-hydrogen) atoms. The number of aromatic nitrogens is 2. The summed E-state index contributed by atoms with van der Waals surface area (Å²) in [6.45, 7) is 0. The molecule has 2 unspecified atom stereocenters. The molecule has 1 aliphatic heterocycles. The summed E-state index contributed by atoms with van der Waals surface area (Å²) in [5.41, 5.74) is 1.85. The van der Waals surface area contributed by atoms with Crippen LogP contribution >= 0.6 is 11.6 Å². The summed E-state index contributed by atoms with van der Waals surface area (Å²) in [7, 11) is 0. The van der Waals surface area contributed by atoms with Gasteiger partial charge < -0.3 is 5.32 Å². The van der Waals surface area contributed by atoms with Crippen molar-refractivity contribution in [2.45, 2.75) is 24.5 Å². The Kier molecular flexibility index (Phi) is 3.72. The highest BCUT2D eigenvalue weighted by Crippen LogP contribution is 2.49. The number of carbonyl (C=O) groups is 1. The highest BCUT2D eigenvalue weighted by atomic mass is 35.5. The molecule has 1 saturated carbocycles. The Morgan fingerprint density at radius 3 is 2.92 bits per heavy atom. The number of carbonyl (C=O) groups excluding carboxylic acids is 1. The van der Waals surface area contributed by atoms with Crippen molar-refractivity contribution in [3.63, 3.8) is 0 Å². The number of hydrogen-bond donors (Lipinski definition) is 2. The molecule has 1 fully saturated rings. The van der Waals surface area contributed by atoms with Crippen molar-refractivity contribution in [1.29, 1.82) is 0 Å². The molecule has 0 spiro atoms. The van der Waals surface area contributed by atoms with Gasteiger partial charge in [0.25, 0.3) is 0 Å². The molecule has 0 saturated heterocycles. The first kappa shape index (κ1) is 15.1. The predicted octanol–water partition coefficient (Wildman–Crippen LogP) is 2.33. The monoisotopic (exact) mass is 338 g/mol. The Morgan fingerprint density at radius 1 is 1.33 bits per heavy atom. The normalized spacial score (nSPS) is 25.0. The minimum atomic E-state index is -0.616. The molecule has 4 rings (SSSR count). The summed E-state index contributed by atoms with van der Waals surface area (Å²) >= 11 is 6.22. The average Bonchev–Trinajstić information content (AvgIpc) is 3.46. The van der Waals surface area contributed by atoms with Crippen LogP contribution in [0.15, 0.2) is 36.8 Å². The number of rotatable bonds is 2. The molecule has 120 valence electrons. The van der Waals surface area contributed by atoms with Crippen molar-refractivity contribution in [2.75, 3.05) is 5.32 Å². The van der Waals surface area contributed by atoms with Crippen LogP contribution in [0.4, 0.5) is 5.69 Å². The fourth-order valence-corrected chi connectivity index (χ4v) is 3.32. The Hall–Kier alpha value is -2.42. The molecule has 2 N–H and O–H groups in total. The van der Waals surface area contributed by atoms with Crippen LogP contribution in [0.25, 0.3) is 0 Å². The van der Waals surface area contributed by atoms with Crippen LogP contribution in [0, 0.1) is 17.8 Å². The van der Waals surface area contributed by atoms with Crippen LogP contribution < -0.4 is 10.6 Å². The van der Waals surface area contributed by atoms with Crippen LogP contribution in [0.1, 0.15) is 24.1 Å². The zero-order valence-corrected chi connectivity index (χ0v) is 13.5. The van der Waals surface area contributed by atoms with Crippen molar-refractivity contribution in [2.24, 2.45) is 5.92 Å². The smallest absolute Gasteiger partial charge is 0.157 e. The number of nitrogens with zero attached hydrogens (tertiary/aromatic N) is 2. The number of aldehydes is 1. The first-order valence-corrected chi connectivity index (χ1v) is 8.18. The van der Waals surface area contributed by atoms with E-state index >= 15 is 0 Å². The molecular weight excluding hydrogens is 324 g/mol. The van der Waals surface area contributed by atoms with Gasteiger partial charge in [-0.05, 0) is 42.9 Å². The molecule has 1 aromatic carbocycles. The van der Waals surface area contributed by atoms with E-state index in [9.17, 15) is 4.79 Å². The lowest BCUT2D eigenvalue weighted by Gasteiger charge is -2.40. The molecule has 2 aliphatic rings. The summed E-state index contributed by atoms with van der Waals surface area (Å²) in [6, 6.07) is 5.63. The van der Waals surface area contributed by atoms with Crippen LogP contribution in [0.3, 0.4) is 0 Å². The molecule has 5 nitrogen and oxygen atoms in total. The third-order valence-electron chi connectivity index (χ3n) is 4.38. The van der Waals surface area contributed by atoms with Crippen molar-refractivity contribution >= 4 is 23.6 Å². The minimum Gasteiger partial charge on any atom is -0.364 e. The molecule has 0 bridgehead atoms.